The largest absolute Gasteiger partial charge is 0.494 e. The molecule has 1 heterocycles. The number of aromatic nitrogens is 3. The molecule has 2 rings (SSSR count). The first kappa shape index (κ1) is 15.5. The molecular weight excluding hydrogens is 264 g/mol. The van der Waals surface area contributed by atoms with Gasteiger partial charge in [0.25, 0.3) is 0 Å². The van der Waals surface area contributed by atoms with E-state index in [9.17, 15) is 0 Å². The van der Waals surface area contributed by atoms with Crippen LogP contribution in [0.5, 0.6) is 5.75 Å². The molecule has 0 bridgehead atoms. The van der Waals surface area contributed by atoms with E-state index in [0.717, 1.165) is 35.8 Å². The van der Waals surface area contributed by atoms with Crippen molar-refractivity contribution in [2.75, 3.05) is 13.2 Å². The maximum absolute atomic E-state index is 5.46. The van der Waals surface area contributed by atoms with E-state index >= 15 is 0 Å². The highest BCUT2D eigenvalue weighted by Crippen LogP contribution is 2.20. The summed E-state index contributed by atoms with van der Waals surface area (Å²) in [5.74, 6) is 0.872. The van der Waals surface area contributed by atoms with Gasteiger partial charge in [-0.25, -0.2) is 4.68 Å². The Kier molecular flexibility index (Phi) is 5.33. The highest BCUT2D eigenvalue weighted by atomic mass is 16.5. The summed E-state index contributed by atoms with van der Waals surface area (Å²) in [6.07, 6.45) is 1.11. The molecule has 1 unspecified atom stereocenters. The van der Waals surface area contributed by atoms with Crippen LogP contribution in [-0.2, 0) is 0 Å². The smallest absolute Gasteiger partial charge is 0.119 e. The number of hydrogen-bond acceptors (Lipinski definition) is 4. The molecule has 1 atom stereocenters. The van der Waals surface area contributed by atoms with Gasteiger partial charge in [0, 0.05) is 0 Å². The minimum atomic E-state index is 0.210. The Morgan fingerprint density at radius 2 is 1.95 bits per heavy atom. The van der Waals surface area contributed by atoms with Crippen LogP contribution in [0.4, 0.5) is 0 Å². The van der Waals surface area contributed by atoms with Crippen LogP contribution in [0.3, 0.4) is 0 Å². The summed E-state index contributed by atoms with van der Waals surface area (Å²) in [4.78, 5) is 0. The van der Waals surface area contributed by atoms with Gasteiger partial charge in [0.15, 0.2) is 0 Å². The van der Waals surface area contributed by atoms with Crippen LogP contribution in [0.25, 0.3) is 5.69 Å². The molecule has 0 amide bonds. The minimum absolute atomic E-state index is 0.210. The molecule has 0 aliphatic heterocycles. The fraction of sp³-hybridized carbons (Fsp3) is 0.500. The normalized spacial score (nSPS) is 12.4. The Morgan fingerprint density at radius 3 is 2.57 bits per heavy atom. The number of rotatable bonds is 7. The van der Waals surface area contributed by atoms with Crippen molar-refractivity contribution in [2.45, 2.75) is 40.2 Å². The van der Waals surface area contributed by atoms with Crippen molar-refractivity contribution in [3.63, 3.8) is 0 Å². The van der Waals surface area contributed by atoms with Gasteiger partial charge >= 0.3 is 0 Å². The van der Waals surface area contributed by atoms with E-state index in [0.29, 0.717) is 6.61 Å². The van der Waals surface area contributed by atoms with Crippen molar-refractivity contribution in [1.29, 1.82) is 0 Å². The van der Waals surface area contributed by atoms with E-state index in [2.05, 4.69) is 36.4 Å². The van der Waals surface area contributed by atoms with E-state index < -0.39 is 0 Å². The second-order valence-corrected chi connectivity index (χ2v) is 5.07. The molecule has 2 aromatic rings. The topological polar surface area (TPSA) is 52.0 Å². The Morgan fingerprint density at radius 1 is 1.24 bits per heavy atom. The van der Waals surface area contributed by atoms with Gasteiger partial charge in [-0.1, -0.05) is 12.1 Å². The van der Waals surface area contributed by atoms with Gasteiger partial charge in [0.1, 0.15) is 11.4 Å². The molecule has 0 radical (unpaired) electrons. The average Bonchev–Trinajstić information content (AvgIpc) is 2.88. The van der Waals surface area contributed by atoms with E-state index in [1.54, 1.807) is 0 Å². The molecule has 5 nitrogen and oxygen atoms in total. The van der Waals surface area contributed by atoms with Crippen LogP contribution in [-0.4, -0.2) is 28.1 Å². The maximum Gasteiger partial charge on any atom is 0.119 e. The minimum Gasteiger partial charge on any atom is -0.494 e. The number of hydrogen-bond donors (Lipinski definition) is 1. The van der Waals surface area contributed by atoms with Crippen molar-refractivity contribution < 1.29 is 4.74 Å². The third-order valence-electron chi connectivity index (χ3n) is 3.43. The van der Waals surface area contributed by atoms with Gasteiger partial charge in [-0.3, -0.25) is 0 Å². The van der Waals surface area contributed by atoms with Crippen LogP contribution in [0.15, 0.2) is 24.3 Å². The number of nitrogens with one attached hydrogen (secondary N) is 1. The first-order valence-corrected chi connectivity index (χ1v) is 7.56. The van der Waals surface area contributed by atoms with Gasteiger partial charge < -0.3 is 10.1 Å². The fourth-order valence-corrected chi connectivity index (χ4v) is 2.29. The lowest BCUT2D eigenvalue weighted by atomic mass is 10.2. The zero-order valence-electron chi connectivity index (χ0n) is 13.3. The number of ether oxygens (including phenoxy) is 1. The van der Waals surface area contributed by atoms with Crippen LogP contribution in [0.2, 0.25) is 0 Å². The van der Waals surface area contributed by atoms with E-state index in [4.69, 9.17) is 4.74 Å². The SMILES string of the molecule is CCCNC(C)c1nnn(-c2ccc(OCC)cc2)c1C. The van der Waals surface area contributed by atoms with Crippen molar-refractivity contribution in [3.05, 3.63) is 35.7 Å². The van der Waals surface area contributed by atoms with Gasteiger partial charge in [-0.15, -0.1) is 5.10 Å². The summed E-state index contributed by atoms with van der Waals surface area (Å²) in [6, 6.07) is 8.12. The monoisotopic (exact) mass is 288 g/mol. The third kappa shape index (κ3) is 3.61. The molecule has 21 heavy (non-hydrogen) atoms. The molecule has 0 aliphatic rings. The quantitative estimate of drug-likeness (QED) is 0.851. The molecule has 0 fully saturated rings. The summed E-state index contributed by atoms with van der Waals surface area (Å²) in [6.45, 7) is 9.96. The molecule has 1 N–H and O–H groups in total. The molecule has 0 spiro atoms. The second kappa shape index (κ2) is 7.22. The van der Waals surface area contributed by atoms with E-state index in [1.807, 2.05) is 35.9 Å². The summed E-state index contributed by atoms with van der Waals surface area (Å²) < 4.78 is 7.33. The third-order valence-corrected chi connectivity index (χ3v) is 3.43. The van der Waals surface area contributed by atoms with Crippen molar-refractivity contribution in [3.8, 4) is 11.4 Å². The Bertz CT molecular complexity index is 562. The van der Waals surface area contributed by atoms with Gasteiger partial charge in [0.2, 0.25) is 0 Å². The molecule has 1 aromatic heterocycles. The van der Waals surface area contributed by atoms with Gasteiger partial charge in [-0.05, 0) is 58.0 Å². The Labute approximate surface area is 126 Å². The number of nitrogens with zero attached hydrogens (tertiary/aromatic N) is 3. The summed E-state index contributed by atoms with van der Waals surface area (Å²) in [5, 5.41) is 12.0. The standard InChI is InChI=1S/C16H24N4O/c1-5-11-17-12(3)16-13(4)20(19-18-16)14-7-9-15(10-8-14)21-6-2/h7-10,12,17H,5-6,11H2,1-4H3. The predicted molar refractivity (Wildman–Crippen MR) is 84.0 cm³/mol. The lowest BCUT2D eigenvalue weighted by molar-refractivity contribution is 0.340. The maximum atomic E-state index is 5.46. The zero-order chi connectivity index (χ0) is 15.2. The molecule has 114 valence electrons. The zero-order valence-corrected chi connectivity index (χ0v) is 13.3. The van der Waals surface area contributed by atoms with Gasteiger partial charge in [0.05, 0.1) is 24.0 Å². The summed E-state index contributed by atoms with van der Waals surface area (Å²) >= 11 is 0. The molecule has 0 aliphatic carbocycles. The first-order valence-electron chi connectivity index (χ1n) is 7.56. The molecule has 0 saturated carbocycles. The molecule has 0 saturated heterocycles. The van der Waals surface area contributed by atoms with Crippen LogP contribution < -0.4 is 10.1 Å². The van der Waals surface area contributed by atoms with Crippen molar-refractivity contribution >= 4 is 0 Å². The summed E-state index contributed by atoms with van der Waals surface area (Å²) in [5.41, 5.74) is 3.06. The summed E-state index contributed by atoms with van der Waals surface area (Å²) in [7, 11) is 0. The van der Waals surface area contributed by atoms with Crippen molar-refractivity contribution in [2.24, 2.45) is 0 Å². The highest BCUT2D eigenvalue weighted by Gasteiger charge is 2.15. The lowest BCUT2D eigenvalue weighted by Crippen LogP contribution is -2.20. The fourth-order valence-electron chi connectivity index (χ4n) is 2.29. The van der Waals surface area contributed by atoms with Gasteiger partial charge in [-0.2, -0.15) is 0 Å². The number of benzene rings is 1. The Hall–Kier alpha value is -1.88. The van der Waals surface area contributed by atoms with Crippen LogP contribution in [0.1, 0.15) is 44.6 Å². The van der Waals surface area contributed by atoms with Crippen molar-refractivity contribution in [1.82, 2.24) is 20.3 Å². The van der Waals surface area contributed by atoms with Crippen LogP contribution in [0, 0.1) is 6.92 Å². The van der Waals surface area contributed by atoms with Crippen LogP contribution >= 0.6 is 0 Å². The first-order chi connectivity index (χ1) is 10.2. The molecular formula is C16H24N4O. The lowest BCUT2D eigenvalue weighted by Gasteiger charge is -2.11. The molecule has 5 heteroatoms. The highest BCUT2D eigenvalue weighted by molar-refractivity contribution is 5.38. The predicted octanol–water partition coefficient (Wildman–Crippen LogP) is 3.04. The average molecular weight is 288 g/mol. The van der Waals surface area contributed by atoms with E-state index in [-0.39, 0.29) is 6.04 Å². The second-order valence-electron chi connectivity index (χ2n) is 5.07. The molecule has 1 aromatic carbocycles. The Balaban J connectivity index is 2.19. The van der Waals surface area contributed by atoms with E-state index in [1.165, 1.54) is 0 Å².